The van der Waals surface area contributed by atoms with Crippen LogP contribution in [0.5, 0.6) is 11.5 Å². The molecular weight excluding hydrogens is 262 g/mol. The molecule has 1 fully saturated rings. The average molecular weight is 281 g/mol. The molecule has 108 valence electrons. The number of nitrogens with zero attached hydrogens (tertiary/aromatic N) is 1. The molecule has 0 aromatic heterocycles. The number of hydrogen-bond donors (Lipinski definition) is 0. The van der Waals surface area contributed by atoms with Crippen molar-refractivity contribution in [3.63, 3.8) is 0 Å². The van der Waals surface area contributed by atoms with Crippen molar-refractivity contribution < 1.29 is 9.53 Å². The Bertz CT molecular complexity index is 607. The minimum atomic E-state index is 0.124. The fourth-order valence-electron chi connectivity index (χ4n) is 2.60. The van der Waals surface area contributed by atoms with Gasteiger partial charge in [0.25, 0.3) is 0 Å². The van der Waals surface area contributed by atoms with E-state index < -0.39 is 0 Å². The summed E-state index contributed by atoms with van der Waals surface area (Å²) in [7, 11) is 0. The highest BCUT2D eigenvalue weighted by atomic mass is 16.5. The van der Waals surface area contributed by atoms with Crippen LogP contribution in [0.1, 0.15) is 13.3 Å². The lowest BCUT2D eigenvalue weighted by molar-refractivity contribution is -0.122. The van der Waals surface area contributed by atoms with E-state index in [1.807, 2.05) is 49.4 Å². The third kappa shape index (κ3) is 3.24. The SMILES string of the molecule is CC1CN(c2ccc(Oc3ccccc3)cc2)CCC1=O. The molecule has 2 aromatic carbocycles. The Morgan fingerprint density at radius 1 is 1.00 bits per heavy atom. The van der Waals surface area contributed by atoms with E-state index in [2.05, 4.69) is 17.0 Å². The fraction of sp³-hybridized carbons (Fsp3) is 0.278. The molecule has 2 aromatic rings. The maximum atomic E-state index is 11.6. The maximum Gasteiger partial charge on any atom is 0.139 e. The van der Waals surface area contributed by atoms with Crippen LogP contribution in [-0.2, 0) is 4.79 Å². The number of carbonyl (C=O) groups excluding carboxylic acids is 1. The van der Waals surface area contributed by atoms with Gasteiger partial charge < -0.3 is 9.64 Å². The number of carbonyl (C=O) groups is 1. The van der Waals surface area contributed by atoms with Crippen LogP contribution in [-0.4, -0.2) is 18.9 Å². The average Bonchev–Trinajstić information content (AvgIpc) is 2.52. The zero-order valence-electron chi connectivity index (χ0n) is 12.2. The highest BCUT2D eigenvalue weighted by Gasteiger charge is 2.23. The van der Waals surface area contributed by atoms with E-state index in [1.165, 1.54) is 0 Å². The maximum absolute atomic E-state index is 11.6. The molecule has 0 N–H and O–H groups in total. The van der Waals surface area contributed by atoms with Gasteiger partial charge in [0.05, 0.1) is 0 Å². The number of hydrogen-bond acceptors (Lipinski definition) is 3. The van der Waals surface area contributed by atoms with Gasteiger partial charge in [0.1, 0.15) is 17.3 Å². The monoisotopic (exact) mass is 281 g/mol. The Kier molecular flexibility index (Phi) is 3.91. The smallest absolute Gasteiger partial charge is 0.139 e. The number of benzene rings is 2. The molecule has 1 aliphatic heterocycles. The highest BCUT2D eigenvalue weighted by molar-refractivity contribution is 5.83. The molecule has 1 heterocycles. The molecule has 1 unspecified atom stereocenters. The molecule has 0 saturated carbocycles. The van der Waals surface area contributed by atoms with Gasteiger partial charge in [-0.25, -0.2) is 0 Å². The summed E-state index contributed by atoms with van der Waals surface area (Å²) in [5, 5.41) is 0. The second-order valence-corrected chi connectivity index (χ2v) is 5.47. The third-order valence-electron chi connectivity index (χ3n) is 3.85. The van der Waals surface area contributed by atoms with Crippen LogP contribution in [0.25, 0.3) is 0 Å². The Balaban J connectivity index is 1.68. The summed E-state index contributed by atoms with van der Waals surface area (Å²) in [5.74, 6) is 2.16. The number of ketones is 1. The number of ether oxygens (including phenoxy) is 1. The Hall–Kier alpha value is -2.29. The van der Waals surface area contributed by atoms with Crippen LogP contribution in [0.4, 0.5) is 5.69 Å². The quantitative estimate of drug-likeness (QED) is 0.854. The van der Waals surface area contributed by atoms with E-state index in [9.17, 15) is 4.79 Å². The Morgan fingerprint density at radius 3 is 2.33 bits per heavy atom. The van der Waals surface area contributed by atoms with Crippen molar-refractivity contribution in [2.75, 3.05) is 18.0 Å². The first-order valence-electron chi connectivity index (χ1n) is 7.33. The number of piperidine rings is 1. The van der Waals surface area contributed by atoms with Gasteiger partial charge in [-0.2, -0.15) is 0 Å². The van der Waals surface area contributed by atoms with E-state index >= 15 is 0 Å². The van der Waals surface area contributed by atoms with Crippen molar-refractivity contribution in [1.29, 1.82) is 0 Å². The van der Waals surface area contributed by atoms with Crippen LogP contribution < -0.4 is 9.64 Å². The second-order valence-electron chi connectivity index (χ2n) is 5.47. The molecule has 3 heteroatoms. The number of anilines is 1. The van der Waals surface area contributed by atoms with Gasteiger partial charge in [0.15, 0.2) is 0 Å². The van der Waals surface area contributed by atoms with E-state index in [-0.39, 0.29) is 5.92 Å². The van der Waals surface area contributed by atoms with Gasteiger partial charge in [0, 0.05) is 31.1 Å². The highest BCUT2D eigenvalue weighted by Crippen LogP contribution is 2.26. The molecule has 3 rings (SSSR count). The molecule has 1 atom stereocenters. The van der Waals surface area contributed by atoms with Crippen LogP contribution in [0.2, 0.25) is 0 Å². The van der Waals surface area contributed by atoms with Crippen molar-refractivity contribution in [1.82, 2.24) is 0 Å². The minimum absolute atomic E-state index is 0.124. The summed E-state index contributed by atoms with van der Waals surface area (Å²) >= 11 is 0. The van der Waals surface area contributed by atoms with E-state index in [4.69, 9.17) is 4.74 Å². The molecule has 0 spiro atoms. The van der Waals surface area contributed by atoms with E-state index in [0.29, 0.717) is 12.2 Å². The standard InChI is InChI=1S/C18H19NO2/c1-14-13-19(12-11-18(14)20)15-7-9-17(10-8-15)21-16-5-3-2-4-6-16/h2-10,14H,11-13H2,1H3. The van der Waals surface area contributed by atoms with Crippen LogP contribution in [0.15, 0.2) is 54.6 Å². The predicted molar refractivity (Wildman–Crippen MR) is 84.0 cm³/mol. The zero-order chi connectivity index (χ0) is 14.7. The van der Waals surface area contributed by atoms with Crippen LogP contribution in [0.3, 0.4) is 0 Å². The van der Waals surface area contributed by atoms with Crippen molar-refractivity contribution in [3.05, 3.63) is 54.6 Å². The molecule has 1 aliphatic rings. The summed E-state index contributed by atoms with van der Waals surface area (Å²) in [6.45, 7) is 3.61. The van der Waals surface area contributed by atoms with E-state index in [0.717, 1.165) is 30.3 Å². The normalized spacial score (nSPS) is 18.6. The second kappa shape index (κ2) is 6.00. The molecule has 0 bridgehead atoms. The first kappa shape index (κ1) is 13.7. The molecule has 0 radical (unpaired) electrons. The molecule has 0 amide bonds. The van der Waals surface area contributed by atoms with Gasteiger partial charge >= 0.3 is 0 Å². The van der Waals surface area contributed by atoms with Crippen molar-refractivity contribution >= 4 is 11.5 Å². The number of Topliss-reactive ketones (excluding diaryl/α,β-unsaturated/α-hetero) is 1. The number of para-hydroxylation sites is 1. The van der Waals surface area contributed by atoms with Crippen molar-refractivity contribution in [3.8, 4) is 11.5 Å². The van der Waals surface area contributed by atoms with Gasteiger partial charge in [-0.05, 0) is 36.4 Å². The summed E-state index contributed by atoms with van der Waals surface area (Å²) in [5.41, 5.74) is 1.15. The molecule has 0 aliphatic carbocycles. The van der Waals surface area contributed by atoms with Gasteiger partial charge in [0.2, 0.25) is 0 Å². The molecule has 1 saturated heterocycles. The first-order chi connectivity index (χ1) is 10.2. The van der Waals surface area contributed by atoms with Crippen LogP contribution in [0, 0.1) is 5.92 Å². The van der Waals surface area contributed by atoms with Gasteiger partial charge in [-0.1, -0.05) is 25.1 Å². The topological polar surface area (TPSA) is 29.5 Å². The van der Waals surface area contributed by atoms with Crippen molar-refractivity contribution in [2.24, 2.45) is 5.92 Å². The van der Waals surface area contributed by atoms with Gasteiger partial charge in [-0.3, -0.25) is 4.79 Å². The third-order valence-corrected chi connectivity index (χ3v) is 3.85. The summed E-state index contributed by atoms with van der Waals surface area (Å²) in [6.07, 6.45) is 0.642. The van der Waals surface area contributed by atoms with Crippen molar-refractivity contribution in [2.45, 2.75) is 13.3 Å². The lowest BCUT2D eigenvalue weighted by atomic mass is 9.98. The van der Waals surface area contributed by atoms with E-state index in [1.54, 1.807) is 0 Å². The molecule has 21 heavy (non-hydrogen) atoms. The summed E-state index contributed by atoms with van der Waals surface area (Å²) in [4.78, 5) is 13.8. The number of rotatable bonds is 3. The van der Waals surface area contributed by atoms with Gasteiger partial charge in [-0.15, -0.1) is 0 Å². The first-order valence-corrected chi connectivity index (χ1v) is 7.33. The lowest BCUT2D eigenvalue weighted by Crippen LogP contribution is -2.39. The largest absolute Gasteiger partial charge is 0.457 e. The zero-order valence-corrected chi connectivity index (χ0v) is 12.2. The predicted octanol–water partition coefficient (Wildman–Crippen LogP) is 3.89. The Morgan fingerprint density at radius 2 is 1.67 bits per heavy atom. The fourth-order valence-corrected chi connectivity index (χ4v) is 2.60. The molecule has 3 nitrogen and oxygen atoms in total. The summed E-state index contributed by atoms with van der Waals surface area (Å²) in [6, 6.07) is 17.8. The minimum Gasteiger partial charge on any atom is -0.457 e. The molecular formula is C18H19NO2. The lowest BCUT2D eigenvalue weighted by Gasteiger charge is -2.32. The summed E-state index contributed by atoms with van der Waals surface area (Å²) < 4.78 is 5.79. The van der Waals surface area contributed by atoms with Crippen LogP contribution >= 0.6 is 0 Å². The Labute approximate surface area is 125 Å².